The number of likely N-dealkylation sites (tertiary alicyclic amines) is 1. The Labute approximate surface area is 110 Å². The van der Waals surface area contributed by atoms with E-state index in [9.17, 15) is 4.79 Å². The van der Waals surface area contributed by atoms with E-state index < -0.39 is 0 Å². The molecule has 18 heavy (non-hydrogen) atoms. The highest BCUT2D eigenvalue weighted by Gasteiger charge is 2.32. The molecule has 3 N–H and O–H groups in total. The molecule has 1 amide bonds. The van der Waals surface area contributed by atoms with Crippen LogP contribution in [0.15, 0.2) is 0 Å². The lowest BCUT2D eigenvalue weighted by Gasteiger charge is -2.40. The van der Waals surface area contributed by atoms with Crippen LogP contribution in [0.25, 0.3) is 0 Å². The Hall–Kier alpha value is -0.610. The molecule has 1 saturated heterocycles. The van der Waals surface area contributed by atoms with E-state index in [0.29, 0.717) is 18.1 Å². The second-order valence-corrected chi connectivity index (χ2v) is 6.91. The highest BCUT2D eigenvalue weighted by molar-refractivity contribution is 5.81. The molecule has 0 aromatic heterocycles. The van der Waals surface area contributed by atoms with Crippen LogP contribution < -0.4 is 11.1 Å². The number of nitrogens with zero attached hydrogens (tertiary/aromatic N) is 1. The summed E-state index contributed by atoms with van der Waals surface area (Å²) in [6.07, 6.45) is 4.38. The highest BCUT2D eigenvalue weighted by Crippen LogP contribution is 2.23. The molecular weight excluding hydrogens is 226 g/mol. The number of amides is 1. The van der Waals surface area contributed by atoms with Crippen molar-refractivity contribution in [2.24, 2.45) is 11.1 Å². The minimum Gasteiger partial charge on any atom is -0.342 e. The average molecular weight is 253 g/mol. The second-order valence-electron chi connectivity index (χ2n) is 6.91. The van der Waals surface area contributed by atoms with Gasteiger partial charge in [-0.3, -0.25) is 4.79 Å². The van der Waals surface area contributed by atoms with Gasteiger partial charge in [0.1, 0.15) is 0 Å². The van der Waals surface area contributed by atoms with E-state index in [1.54, 1.807) is 0 Å². The predicted molar refractivity (Wildman–Crippen MR) is 73.2 cm³/mol. The van der Waals surface area contributed by atoms with Crippen LogP contribution in [0.1, 0.15) is 46.5 Å². The zero-order valence-electron chi connectivity index (χ0n) is 11.9. The van der Waals surface area contributed by atoms with Crippen molar-refractivity contribution in [3.63, 3.8) is 0 Å². The van der Waals surface area contributed by atoms with Crippen molar-refractivity contribution in [2.75, 3.05) is 13.1 Å². The Morgan fingerprint density at radius 1 is 1.17 bits per heavy atom. The van der Waals surface area contributed by atoms with Gasteiger partial charge in [-0.25, -0.2) is 0 Å². The molecule has 0 radical (unpaired) electrons. The molecule has 4 nitrogen and oxygen atoms in total. The molecule has 1 aliphatic carbocycles. The van der Waals surface area contributed by atoms with Crippen LogP contribution in [-0.2, 0) is 4.79 Å². The second kappa shape index (κ2) is 5.17. The number of hydrogen-bond donors (Lipinski definition) is 2. The lowest BCUT2D eigenvalue weighted by Crippen LogP contribution is -2.55. The van der Waals surface area contributed by atoms with Gasteiger partial charge in [0.2, 0.25) is 5.91 Å². The molecule has 4 heteroatoms. The summed E-state index contributed by atoms with van der Waals surface area (Å²) >= 11 is 0. The van der Waals surface area contributed by atoms with Crippen molar-refractivity contribution in [3.05, 3.63) is 0 Å². The van der Waals surface area contributed by atoms with Gasteiger partial charge in [-0.2, -0.15) is 0 Å². The first-order chi connectivity index (χ1) is 8.36. The Morgan fingerprint density at radius 2 is 1.72 bits per heavy atom. The van der Waals surface area contributed by atoms with Crippen molar-refractivity contribution in [1.29, 1.82) is 0 Å². The molecule has 0 atom stereocenters. The maximum atomic E-state index is 12.1. The Balaban J connectivity index is 1.73. The highest BCUT2D eigenvalue weighted by atomic mass is 16.2. The summed E-state index contributed by atoms with van der Waals surface area (Å²) in [5.74, 6) is 0.284. The van der Waals surface area contributed by atoms with E-state index in [-0.39, 0.29) is 11.3 Å². The van der Waals surface area contributed by atoms with E-state index >= 15 is 0 Å². The van der Waals surface area contributed by atoms with Gasteiger partial charge in [0.25, 0.3) is 0 Å². The summed E-state index contributed by atoms with van der Waals surface area (Å²) in [6, 6.07) is 1.60. The van der Waals surface area contributed by atoms with Gasteiger partial charge in [0.05, 0.1) is 0 Å². The lowest BCUT2D eigenvalue weighted by molar-refractivity contribution is -0.140. The van der Waals surface area contributed by atoms with Gasteiger partial charge in [-0.05, 0) is 25.7 Å². The monoisotopic (exact) mass is 253 g/mol. The van der Waals surface area contributed by atoms with E-state index in [2.05, 4.69) is 5.32 Å². The third-order valence-electron chi connectivity index (χ3n) is 4.07. The zero-order valence-corrected chi connectivity index (χ0v) is 11.9. The maximum Gasteiger partial charge on any atom is 0.227 e. The summed E-state index contributed by atoms with van der Waals surface area (Å²) < 4.78 is 0. The summed E-state index contributed by atoms with van der Waals surface area (Å²) in [5.41, 5.74) is 5.54. The molecule has 1 aliphatic heterocycles. The number of carbonyl (C=O) groups is 1. The fraction of sp³-hybridized carbons (Fsp3) is 0.929. The van der Waals surface area contributed by atoms with Gasteiger partial charge < -0.3 is 16.0 Å². The predicted octanol–water partition coefficient (Wildman–Crippen LogP) is 1.10. The summed E-state index contributed by atoms with van der Waals surface area (Å²) in [6.45, 7) is 7.78. The van der Waals surface area contributed by atoms with Crippen molar-refractivity contribution < 1.29 is 4.79 Å². The van der Waals surface area contributed by atoms with Crippen LogP contribution >= 0.6 is 0 Å². The van der Waals surface area contributed by atoms with E-state index in [0.717, 1.165) is 38.8 Å². The fourth-order valence-corrected chi connectivity index (χ4v) is 2.85. The molecule has 2 fully saturated rings. The van der Waals surface area contributed by atoms with Crippen LogP contribution in [0.2, 0.25) is 0 Å². The van der Waals surface area contributed by atoms with Crippen molar-refractivity contribution >= 4 is 5.91 Å². The van der Waals surface area contributed by atoms with Gasteiger partial charge >= 0.3 is 0 Å². The van der Waals surface area contributed by atoms with Crippen molar-refractivity contribution in [1.82, 2.24) is 10.2 Å². The Morgan fingerprint density at radius 3 is 2.17 bits per heavy atom. The standard InChI is InChI=1S/C14H27N3O/c1-14(2,3)13(18)17-6-4-11(5-7-17)16-12-8-10(15)9-12/h10-12,16H,4-9,15H2,1-3H3. The number of piperidine rings is 1. The smallest absolute Gasteiger partial charge is 0.227 e. The third kappa shape index (κ3) is 3.23. The molecule has 2 rings (SSSR count). The summed E-state index contributed by atoms with van der Waals surface area (Å²) in [5, 5.41) is 3.67. The SMILES string of the molecule is CC(C)(C)C(=O)N1CCC(NC2CC(N)C2)CC1. The molecule has 0 spiro atoms. The van der Waals surface area contributed by atoms with E-state index in [1.807, 2.05) is 25.7 Å². The van der Waals surface area contributed by atoms with E-state index in [4.69, 9.17) is 5.73 Å². The average Bonchev–Trinajstić information content (AvgIpc) is 2.26. The quantitative estimate of drug-likeness (QED) is 0.775. The molecule has 2 aliphatic rings. The van der Waals surface area contributed by atoms with Gasteiger partial charge in [0.15, 0.2) is 0 Å². The minimum absolute atomic E-state index is 0.249. The first kappa shape index (κ1) is 13.8. The largest absolute Gasteiger partial charge is 0.342 e. The third-order valence-corrected chi connectivity index (χ3v) is 4.07. The fourth-order valence-electron chi connectivity index (χ4n) is 2.85. The van der Waals surface area contributed by atoms with E-state index in [1.165, 1.54) is 0 Å². The number of carbonyl (C=O) groups excluding carboxylic acids is 1. The number of hydrogen-bond acceptors (Lipinski definition) is 3. The molecule has 0 bridgehead atoms. The number of nitrogens with one attached hydrogen (secondary N) is 1. The number of nitrogens with two attached hydrogens (primary N) is 1. The lowest BCUT2D eigenvalue weighted by atomic mass is 9.86. The van der Waals surface area contributed by atoms with Crippen LogP contribution in [-0.4, -0.2) is 42.0 Å². The van der Waals surface area contributed by atoms with Crippen molar-refractivity contribution in [3.8, 4) is 0 Å². The molecule has 104 valence electrons. The molecule has 0 aromatic carbocycles. The molecular formula is C14H27N3O. The topological polar surface area (TPSA) is 58.4 Å². The zero-order chi connectivity index (χ0) is 13.3. The Bertz CT molecular complexity index is 297. The van der Waals surface area contributed by atoms with Crippen LogP contribution in [0.5, 0.6) is 0 Å². The first-order valence-electron chi connectivity index (χ1n) is 7.17. The summed E-state index contributed by atoms with van der Waals surface area (Å²) in [7, 11) is 0. The molecule has 0 unspecified atom stereocenters. The molecule has 1 saturated carbocycles. The van der Waals surface area contributed by atoms with Crippen LogP contribution in [0, 0.1) is 5.41 Å². The maximum absolute atomic E-state index is 12.1. The van der Waals surface area contributed by atoms with Gasteiger partial charge in [-0.15, -0.1) is 0 Å². The normalized spacial score (nSPS) is 30.1. The Kier molecular flexibility index (Phi) is 3.97. The number of rotatable bonds is 2. The van der Waals surface area contributed by atoms with Gasteiger partial charge in [0, 0.05) is 36.6 Å². The minimum atomic E-state index is -0.249. The van der Waals surface area contributed by atoms with Gasteiger partial charge in [-0.1, -0.05) is 20.8 Å². The van der Waals surface area contributed by atoms with Crippen LogP contribution in [0.4, 0.5) is 0 Å². The first-order valence-corrected chi connectivity index (χ1v) is 7.17. The molecule has 1 heterocycles. The van der Waals surface area contributed by atoms with Crippen LogP contribution in [0.3, 0.4) is 0 Å². The van der Waals surface area contributed by atoms with Crippen molar-refractivity contribution in [2.45, 2.75) is 64.6 Å². The summed E-state index contributed by atoms with van der Waals surface area (Å²) in [4.78, 5) is 14.2. The molecule has 0 aromatic rings.